The van der Waals surface area contributed by atoms with Gasteiger partial charge in [-0.15, -0.1) is 0 Å². The van der Waals surface area contributed by atoms with Gasteiger partial charge in [0, 0.05) is 18.8 Å². The lowest BCUT2D eigenvalue weighted by molar-refractivity contribution is -0.185. The van der Waals surface area contributed by atoms with Crippen molar-refractivity contribution in [2.45, 2.75) is 78.7 Å². The van der Waals surface area contributed by atoms with E-state index in [9.17, 15) is 14.4 Å². The van der Waals surface area contributed by atoms with Gasteiger partial charge in [-0.3, -0.25) is 14.4 Å². The highest BCUT2D eigenvalue weighted by Gasteiger charge is 2.67. The predicted octanol–water partition coefficient (Wildman–Crippen LogP) is 4.58. The zero-order chi connectivity index (χ0) is 20.5. The first-order valence-corrected chi connectivity index (χ1v) is 10.7. The van der Waals surface area contributed by atoms with Crippen molar-refractivity contribution >= 4 is 17.5 Å². The van der Waals surface area contributed by atoms with E-state index in [0.717, 1.165) is 25.7 Å². The van der Waals surface area contributed by atoms with E-state index >= 15 is 0 Å². The number of carbonyl (C=O) groups excluding carboxylic acids is 3. The van der Waals surface area contributed by atoms with E-state index in [1.54, 1.807) is 6.92 Å². The molecule has 4 aliphatic carbocycles. The molecule has 0 heterocycles. The first-order chi connectivity index (χ1) is 13.0. The summed E-state index contributed by atoms with van der Waals surface area (Å²) in [6, 6.07) is 0. The number of hydrogen-bond donors (Lipinski definition) is 0. The van der Waals surface area contributed by atoms with E-state index in [1.807, 2.05) is 6.08 Å². The third-order valence-electron chi connectivity index (χ3n) is 8.84. The number of allylic oxidation sites excluding steroid dienone is 4. The van der Waals surface area contributed by atoms with Crippen molar-refractivity contribution in [2.75, 3.05) is 0 Å². The SMILES string of the molecule is CC(=O)O[C@@]1(C(C)=O)CCC2C3C=C(C)C4=CC(=O)CC[C@]4(C)C3CC[C@@]21C. The topological polar surface area (TPSA) is 60.4 Å². The smallest absolute Gasteiger partial charge is 0.303 e. The van der Waals surface area contributed by atoms with Crippen LogP contribution in [0.25, 0.3) is 0 Å². The van der Waals surface area contributed by atoms with Crippen LogP contribution in [0.2, 0.25) is 0 Å². The maximum absolute atomic E-state index is 12.8. The minimum Gasteiger partial charge on any atom is -0.451 e. The minimum absolute atomic E-state index is 0.0160. The summed E-state index contributed by atoms with van der Waals surface area (Å²) in [4.78, 5) is 36.8. The van der Waals surface area contributed by atoms with Crippen molar-refractivity contribution in [1.29, 1.82) is 0 Å². The summed E-state index contributed by atoms with van der Waals surface area (Å²) in [5, 5.41) is 0. The molecule has 0 radical (unpaired) electrons. The van der Waals surface area contributed by atoms with Crippen molar-refractivity contribution in [3.8, 4) is 0 Å². The molecular formula is C24H32O4. The molecule has 4 heteroatoms. The lowest BCUT2D eigenvalue weighted by atomic mass is 9.47. The van der Waals surface area contributed by atoms with Crippen LogP contribution in [0.1, 0.15) is 73.1 Å². The highest BCUT2D eigenvalue weighted by atomic mass is 16.6. The van der Waals surface area contributed by atoms with E-state index in [2.05, 4.69) is 26.8 Å². The minimum atomic E-state index is -0.990. The van der Waals surface area contributed by atoms with E-state index < -0.39 is 5.60 Å². The molecule has 0 aromatic rings. The average Bonchev–Trinajstić information content (AvgIpc) is 2.90. The van der Waals surface area contributed by atoms with Crippen LogP contribution in [0.15, 0.2) is 23.3 Å². The van der Waals surface area contributed by atoms with Crippen LogP contribution in [-0.4, -0.2) is 23.1 Å². The number of esters is 1. The summed E-state index contributed by atoms with van der Waals surface area (Å²) >= 11 is 0. The van der Waals surface area contributed by atoms with Crippen LogP contribution < -0.4 is 0 Å². The zero-order valence-corrected chi connectivity index (χ0v) is 17.8. The lowest BCUT2D eigenvalue weighted by Gasteiger charge is -2.58. The van der Waals surface area contributed by atoms with Gasteiger partial charge in [-0.25, -0.2) is 0 Å². The Morgan fingerprint density at radius 2 is 1.75 bits per heavy atom. The van der Waals surface area contributed by atoms with Crippen molar-refractivity contribution in [1.82, 2.24) is 0 Å². The van der Waals surface area contributed by atoms with Gasteiger partial charge in [0.2, 0.25) is 0 Å². The van der Waals surface area contributed by atoms with E-state index in [4.69, 9.17) is 4.74 Å². The molecular weight excluding hydrogens is 352 g/mol. The van der Waals surface area contributed by atoms with Gasteiger partial charge in [0.05, 0.1) is 0 Å². The van der Waals surface area contributed by atoms with Gasteiger partial charge >= 0.3 is 5.97 Å². The monoisotopic (exact) mass is 384 g/mol. The van der Waals surface area contributed by atoms with Gasteiger partial charge in [0.15, 0.2) is 17.2 Å². The van der Waals surface area contributed by atoms with Gasteiger partial charge in [-0.2, -0.15) is 0 Å². The Morgan fingerprint density at radius 3 is 2.39 bits per heavy atom. The summed E-state index contributed by atoms with van der Waals surface area (Å²) in [5.74, 6) is 1.03. The van der Waals surface area contributed by atoms with Gasteiger partial charge in [-0.1, -0.05) is 25.5 Å². The number of carbonyl (C=O) groups is 3. The highest BCUT2D eigenvalue weighted by Crippen LogP contribution is 2.67. The summed E-state index contributed by atoms with van der Waals surface area (Å²) in [7, 11) is 0. The van der Waals surface area contributed by atoms with Crippen molar-refractivity contribution < 1.29 is 19.1 Å². The van der Waals surface area contributed by atoms with Gasteiger partial charge in [0.25, 0.3) is 0 Å². The molecule has 28 heavy (non-hydrogen) atoms. The van der Waals surface area contributed by atoms with E-state index in [0.29, 0.717) is 30.6 Å². The quantitative estimate of drug-likeness (QED) is 0.654. The molecule has 0 spiro atoms. The Balaban J connectivity index is 1.79. The van der Waals surface area contributed by atoms with Crippen LogP contribution in [-0.2, 0) is 19.1 Å². The van der Waals surface area contributed by atoms with Crippen LogP contribution in [0.3, 0.4) is 0 Å². The largest absolute Gasteiger partial charge is 0.451 e. The summed E-state index contributed by atoms with van der Waals surface area (Å²) in [5.41, 5.74) is 1.15. The first kappa shape index (κ1) is 19.6. The molecule has 4 nitrogen and oxygen atoms in total. The molecule has 4 aliphatic rings. The summed E-state index contributed by atoms with van der Waals surface area (Å²) < 4.78 is 5.82. The molecule has 2 saturated carbocycles. The maximum Gasteiger partial charge on any atom is 0.303 e. The lowest BCUT2D eigenvalue weighted by Crippen LogP contribution is -2.58. The molecule has 0 N–H and O–H groups in total. The standard InChI is InChI=1S/C24H32O4/c1-14-12-18-19(22(4)9-6-17(27)13-21(14)22)7-10-23(5)20(18)8-11-24(23,15(2)25)28-16(3)26/h12-13,18-20H,6-11H2,1-5H3/t18?,19?,20?,22-,23+,24-/m1/s1. The Labute approximate surface area is 167 Å². The van der Waals surface area contributed by atoms with Crippen molar-refractivity contribution in [2.24, 2.45) is 28.6 Å². The van der Waals surface area contributed by atoms with Crippen LogP contribution >= 0.6 is 0 Å². The van der Waals surface area contributed by atoms with Crippen molar-refractivity contribution in [3.05, 3.63) is 23.3 Å². The highest BCUT2D eigenvalue weighted by molar-refractivity contribution is 5.92. The van der Waals surface area contributed by atoms with Crippen LogP contribution in [0.5, 0.6) is 0 Å². The molecule has 0 aliphatic heterocycles. The van der Waals surface area contributed by atoms with Crippen molar-refractivity contribution in [3.63, 3.8) is 0 Å². The number of hydrogen-bond acceptors (Lipinski definition) is 4. The Morgan fingerprint density at radius 1 is 1.07 bits per heavy atom. The number of fused-ring (bicyclic) bond motifs is 5. The fraction of sp³-hybridized carbons (Fsp3) is 0.708. The van der Waals surface area contributed by atoms with E-state index in [-0.39, 0.29) is 28.4 Å². The average molecular weight is 385 g/mol. The third kappa shape index (κ3) is 2.39. The molecule has 4 rings (SSSR count). The predicted molar refractivity (Wildman–Crippen MR) is 106 cm³/mol. The maximum atomic E-state index is 12.8. The molecule has 152 valence electrons. The first-order valence-electron chi connectivity index (χ1n) is 10.7. The zero-order valence-electron chi connectivity index (χ0n) is 17.8. The molecule has 0 saturated heterocycles. The van der Waals surface area contributed by atoms with Gasteiger partial charge in [-0.05, 0) is 80.8 Å². The fourth-order valence-electron chi connectivity index (χ4n) is 7.48. The van der Waals surface area contributed by atoms with Crippen LogP contribution in [0.4, 0.5) is 0 Å². The molecule has 2 fully saturated rings. The number of Topliss-reactive ketones (excluding diaryl/α,β-unsaturated/α-hetero) is 1. The second-order valence-electron chi connectivity index (χ2n) is 10.1. The van der Waals surface area contributed by atoms with Gasteiger partial charge in [0.1, 0.15) is 0 Å². The number of rotatable bonds is 2. The Kier molecular flexibility index (Phi) is 4.30. The fourth-order valence-corrected chi connectivity index (χ4v) is 7.48. The Hall–Kier alpha value is -1.71. The van der Waals surface area contributed by atoms with E-state index in [1.165, 1.54) is 18.1 Å². The Bertz CT molecular complexity index is 820. The molecule has 6 atom stereocenters. The molecule has 0 aromatic carbocycles. The second kappa shape index (κ2) is 6.14. The number of ether oxygens (including phenoxy) is 1. The number of ketones is 2. The molecule has 0 amide bonds. The molecule has 0 bridgehead atoms. The molecule has 3 unspecified atom stereocenters. The summed E-state index contributed by atoms with van der Waals surface area (Å²) in [6.45, 7) is 9.63. The van der Waals surface area contributed by atoms with Gasteiger partial charge < -0.3 is 4.74 Å². The third-order valence-corrected chi connectivity index (χ3v) is 8.84. The normalized spacial score (nSPS) is 44.6. The summed E-state index contributed by atoms with van der Waals surface area (Å²) in [6.07, 6.45) is 9.20. The molecule has 0 aromatic heterocycles. The van der Waals surface area contributed by atoms with Crippen LogP contribution in [0, 0.1) is 28.6 Å². The second-order valence-corrected chi connectivity index (χ2v) is 10.1.